The van der Waals surface area contributed by atoms with Crippen LogP contribution < -0.4 is 5.32 Å². The Morgan fingerprint density at radius 3 is 2.73 bits per heavy atom. The van der Waals surface area contributed by atoms with Crippen molar-refractivity contribution in [3.8, 4) is 0 Å². The molecule has 15 heavy (non-hydrogen) atoms. The van der Waals surface area contributed by atoms with E-state index in [4.69, 9.17) is 0 Å². The summed E-state index contributed by atoms with van der Waals surface area (Å²) in [6.07, 6.45) is 3.85. The second-order valence-corrected chi connectivity index (χ2v) is 4.14. The summed E-state index contributed by atoms with van der Waals surface area (Å²) in [5.74, 6) is -0.0984. The molecule has 0 saturated heterocycles. The highest BCUT2D eigenvalue weighted by molar-refractivity contribution is 5.18. The van der Waals surface area contributed by atoms with E-state index in [0.29, 0.717) is 12.1 Å². The fourth-order valence-corrected chi connectivity index (χ4v) is 1.60. The highest BCUT2D eigenvalue weighted by Crippen LogP contribution is 2.31. The van der Waals surface area contributed by atoms with Crippen molar-refractivity contribution in [1.82, 2.24) is 5.32 Å². The Hall–Kier alpha value is -0.960. The van der Waals surface area contributed by atoms with Crippen molar-refractivity contribution in [3.05, 3.63) is 35.4 Å². The van der Waals surface area contributed by atoms with Gasteiger partial charge in [-0.25, -0.2) is 8.78 Å². The molecule has 1 aromatic carbocycles. The van der Waals surface area contributed by atoms with Crippen LogP contribution in [0.15, 0.2) is 18.2 Å². The molecule has 1 N–H and O–H groups in total. The number of benzene rings is 1. The molecule has 0 aromatic heterocycles. The molecule has 1 saturated carbocycles. The second kappa shape index (κ2) is 4.71. The summed E-state index contributed by atoms with van der Waals surface area (Å²) >= 11 is 0. The Labute approximate surface area is 88.5 Å². The minimum atomic E-state index is -0.519. The number of nitrogens with one attached hydrogen (secondary N) is 1. The first kappa shape index (κ1) is 10.6. The topological polar surface area (TPSA) is 12.0 Å². The van der Waals surface area contributed by atoms with E-state index in [-0.39, 0.29) is 0 Å². The van der Waals surface area contributed by atoms with Crippen molar-refractivity contribution in [2.75, 3.05) is 6.54 Å². The number of hydrogen-bond acceptors (Lipinski definition) is 1. The van der Waals surface area contributed by atoms with Crippen molar-refractivity contribution >= 4 is 0 Å². The third-order valence-corrected chi connectivity index (χ3v) is 2.76. The third kappa shape index (κ3) is 3.27. The molecular weight excluding hydrogens is 196 g/mol. The van der Waals surface area contributed by atoms with Gasteiger partial charge in [-0.15, -0.1) is 0 Å². The Morgan fingerprint density at radius 1 is 1.27 bits per heavy atom. The molecule has 1 fully saturated rings. The van der Waals surface area contributed by atoms with Gasteiger partial charge in [0.05, 0.1) is 0 Å². The van der Waals surface area contributed by atoms with Crippen LogP contribution >= 0.6 is 0 Å². The standard InChI is InChI=1S/C12H15F2N/c13-11-4-3-10(12(14)7-11)8-15-6-5-9-1-2-9/h3-4,7,9,15H,1-2,5-6,8H2. The Morgan fingerprint density at radius 2 is 2.07 bits per heavy atom. The highest BCUT2D eigenvalue weighted by Gasteiger charge is 2.19. The fourth-order valence-electron chi connectivity index (χ4n) is 1.60. The molecule has 82 valence electrons. The SMILES string of the molecule is Fc1ccc(CNCCC2CC2)c(F)c1. The third-order valence-electron chi connectivity index (χ3n) is 2.76. The van der Waals surface area contributed by atoms with Crippen LogP contribution in [-0.4, -0.2) is 6.54 Å². The van der Waals surface area contributed by atoms with Crippen molar-refractivity contribution in [2.24, 2.45) is 5.92 Å². The van der Waals surface area contributed by atoms with Gasteiger partial charge in [0.25, 0.3) is 0 Å². The van der Waals surface area contributed by atoms with E-state index < -0.39 is 11.6 Å². The zero-order valence-electron chi connectivity index (χ0n) is 8.60. The predicted octanol–water partition coefficient (Wildman–Crippen LogP) is 2.85. The van der Waals surface area contributed by atoms with E-state index in [1.807, 2.05) is 0 Å². The Kier molecular flexibility index (Phi) is 3.31. The van der Waals surface area contributed by atoms with Crippen molar-refractivity contribution < 1.29 is 8.78 Å². The van der Waals surface area contributed by atoms with Crippen LogP contribution in [0.5, 0.6) is 0 Å². The van der Waals surface area contributed by atoms with Gasteiger partial charge in [-0.05, 0) is 24.9 Å². The maximum absolute atomic E-state index is 13.2. The maximum Gasteiger partial charge on any atom is 0.130 e. The molecule has 0 atom stereocenters. The molecule has 1 aliphatic carbocycles. The smallest absolute Gasteiger partial charge is 0.130 e. The van der Waals surface area contributed by atoms with Gasteiger partial charge < -0.3 is 5.32 Å². The lowest BCUT2D eigenvalue weighted by Gasteiger charge is -2.05. The molecule has 1 aromatic rings. The first-order chi connectivity index (χ1) is 7.25. The monoisotopic (exact) mass is 211 g/mol. The molecule has 0 spiro atoms. The summed E-state index contributed by atoms with van der Waals surface area (Å²) in [6, 6.07) is 3.72. The molecule has 0 heterocycles. The van der Waals surface area contributed by atoms with E-state index >= 15 is 0 Å². The van der Waals surface area contributed by atoms with Gasteiger partial charge in [-0.1, -0.05) is 18.9 Å². The quantitative estimate of drug-likeness (QED) is 0.738. The van der Waals surface area contributed by atoms with Crippen LogP contribution in [0.3, 0.4) is 0 Å². The zero-order valence-corrected chi connectivity index (χ0v) is 8.60. The normalized spacial score (nSPS) is 15.6. The second-order valence-electron chi connectivity index (χ2n) is 4.14. The van der Waals surface area contributed by atoms with E-state index in [2.05, 4.69) is 5.32 Å². The Balaban J connectivity index is 1.76. The fraction of sp³-hybridized carbons (Fsp3) is 0.500. The molecule has 2 rings (SSSR count). The van der Waals surface area contributed by atoms with Crippen molar-refractivity contribution in [2.45, 2.75) is 25.8 Å². The molecule has 1 aliphatic rings. The summed E-state index contributed by atoms with van der Waals surface area (Å²) in [5, 5.41) is 3.17. The maximum atomic E-state index is 13.2. The van der Waals surface area contributed by atoms with Crippen LogP contribution in [-0.2, 0) is 6.54 Å². The van der Waals surface area contributed by atoms with Gasteiger partial charge in [0, 0.05) is 18.2 Å². The van der Waals surface area contributed by atoms with Gasteiger partial charge in [-0.2, -0.15) is 0 Å². The summed E-state index contributed by atoms with van der Waals surface area (Å²) in [5.41, 5.74) is 0.534. The lowest BCUT2D eigenvalue weighted by molar-refractivity contribution is 0.552. The van der Waals surface area contributed by atoms with Gasteiger partial charge in [-0.3, -0.25) is 0 Å². The van der Waals surface area contributed by atoms with Crippen molar-refractivity contribution in [1.29, 1.82) is 0 Å². The molecule has 3 heteroatoms. The van der Waals surface area contributed by atoms with E-state index in [0.717, 1.165) is 18.5 Å². The van der Waals surface area contributed by atoms with E-state index in [9.17, 15) is 8.78 Å². The van der Waals surface area contributed by atoms with Gasteiger partial charge >= 0.3 is 0 Å². The van der Waals surface area contributed by atoms with Crippen LogP contribution in [0.2, 0.25) is 0 Å². The van der Waals surface area contributed by atoms with Crippen LogP contribution in [0.1, 0.15) is 24.8 Å². The molecule has 0 bridgehead atoms. The predicted molar refractivity (Wildman–Crippen MR) is 55.4 cm³/mol. The van der Waals surface area contributed by atoms with E-state index in [1.54, 1.807) is 0 Å². The van der Waals surface area contributed by atoms with Gasteiger partial charge in [0.15, 0.2) is 0 Å². The average molecular weight is 211 g/mol. The molecule has 0 unspecified atom stereocenters. The van der Waals surface area contributed by atoms with Gasteiger partial charge in [0.1, 0.15) is 11.6 Å². The number of halogens is 2. The van der Waals surface area contributed by atoms with Crippen LogP contribution in [0.4, 0.5) is 8.78 Å². The molecule has 0 radical (unpaired) electrons. The minimum absolute atomic E-state index is 0.464. The van der Waals surface area contributed by atoms with Gasteiger partial charge in [0.2, 0.25) is 0 Å². The molecular formula is C12H15F2N. The summed E-state index contributed by atoms with van der Waals surface area (Å²) in [6.45, 7) is 1.40. The molecule has 0 aliphatic heterocycles. The zero-order chi connectivity index (χ0) is 10.7. The van der Waals surface area contributed by atoms with Crippen LogP contribution in [0, 0.1) is 17.6 Å². The largest absolute Gasteiger partial charge is 0.313 e. The molecule has 1 nitrogen and oxygen atoms in total. The average Bonchev–Trinajstić information content (AvgIpc) is 2.99. The minimum Gasteiger partial charge on any atom is -0.313 e. The van der Waals surface area contributed by atoms with Crippen molar-refractivity contribution in [3.63, 3.8) is 0 Å². The summed E-state index contributed by atoms with van der Waals surface area (Å²) in [4.78, 5) is 0. The summed E-state index contributed by atoms with van der Waals surface area (Å²) < 4.78 is 25.8. The number of hydrogen-bond donors (Lipinski definition) is 1. The highest BCUT2D eigenvalue weighted by atomic mass is 19.1. The Bertz CT molecular complexity index is 334. The van der Waals surface area contributed by atoms with Crippen LogP contribution in [0.25, 0.3) is 0 Å². The number of rotatable bonds is 5. The van der Waals surface area contributed by atoms with E-state index in [1.165, 1.54) is 31.4 Å². The first-order valence-corrected chi connectivity index (χ1v) is 5.40. The summed E-state index contributed by atoms with van der Waals surface area (Å²) in [7, 11) is 0. The molecule has 0 amide bonds. The lowest BCUT2D eigenvalue weighted by atomic mass is 10.2. The first-order valence-electron chi connectivity index (χ1n) is 5.40. The lowest BCUT2D eigenvalue weighted by Crippen LogP contribution is -2.16.